The van der Waals surface area contributed by atoms with Crippen LogP contribution in [0.5, 0.6) is 0 Å². The number of Topliss-reactive ketones (excluding diaryl/α,β-unsaturated/α-hetero) is 1. The monoisotopic (exact) mass is 210 g/mol. The van der Waals surface area contributed by atoms with Gasteiger partial charge >= 0.3 is 0 Å². The fraction of sp³-hybridized carbons (Fsp3) is 0.600. The van der Waals surface area contributed by atoms with Crippen LogP contribution in [0.1, 0.15) is 31.3 Å². The molecule has 0 aliphatic carbocycles. The summed E-state index contributed by atoms with van der Waals surface area (Å²) in [4.78, 5) is 17.6. The highest BCUT2D eigenvalue weighted by molar-refractivity contribution is 5.97. The lowest BCUT2D eigenvalue weighted by molar-refractivity contribution is 0.101. The van der Waals surface area contributed by atoms with E-state index in [1.54, 1.807) is 4.57 Å². The summed E-state index contributed by atoms with van der Waals surface area (Å²) < 4.78 is 1.75. The molecular formula is C10H18N4O. The Morgan fingerprint density at radius 3 is 2.33 bits per heavy atom. The van der Waals surface area contributed by atoms with Gasteiger partial charge in [0, 0.05) is 27.1 Å². The van der Waals surface area contributed by atoms with Crippen LogP contribution < -0.4 is 10.6 Å². The molecule has 0 radical (unpaired) electrons. The number of hydrogen-bond acceptors (Lipinski definition) is 4. The van der Waals surface area contributed by atoms with E-state index in [1.165, 1.54) is 6.92 Å². The standard InChI is InChI=1S/C10H18N4O/c1-5-14(6-2)10-12-9(11)8(7(3)15)13(10)4/h5-6,11H2,1-4H3. The van der Waals surface area contributed by atoms with Gasteiger partial charge in [-0.15, -0.1) is 0 Å². The molecule has 0 amide bonds. The van der Waals surface area contributed by atoms with Gasteiger partial charge in [0.05, 0.1) is 0 Å². The summed E-state index contributed by atoms with van der Waals surface area (Å²) in [5.41, 5.74) is 6.19. The Kier molecular flexibility index (Phi) is 3.34. The van der Waals surface area contributed by atoms with Gasteiger partial charge in [-0.3, -0.25) is 4.79 Å². The molecule has 1 rings (SSSR count). The number of carbonyl (C=O) groups excluding carboxylic acids is 1. The van der Waals surface area contributed by atoms with Gasteiger partial charge in [-0.05, 0) is 13.8 Å². The van der Waals surface area contributed by atoms with E-state index in [0.717, 1.165) is 19.0 Å². The number of nitrogens with two attached hydrogens (primary N) is 1. The van der Waals surface area contributed by atoms with Gasteiger partial charge in [-0.2, -0.15) is 4.98 Å². The lowest BCUT2D eigenvalue weighted by Gasteiger charge is -2.19. The van der Waals surface area contributed by atoms with Crippen LogP contribution in [0.4, 0.5) is 11.8 Å². The van der Waals surface area contributed by atoms with Crippen molar-refractivity contribution in [2.75, 3.05) is 23.7 Å². The molecule has 2 N–H and O–H groups in total. The van der Waals surface area contributed by atoms with Gasteiger partial charge in [-0.25, -0.2) is 0 Å². The average molecular weight is 210 g/mol. The highest BCUT2D eigenvalue weighted by Gasteiger charge is 2.18. The number of anilines is 2. The summed E-state index contributed by atoms with van der Waals surface area (Å²) in [6, 6.07) is 0. The van der Waals surface area contributed by atoms with Crippen LogP contribution >= 0.6 is 0 Å². The Morgan fingerprint density at radius 1 is 1.47 bits per heavy atom. The van der Waals surface area contributed by atoms with Gasteiger partial charge < -0.3 is 15.2 Å². The summed E-state index contributed by atoms with van der Waals surface area (Å²) in [6.07, 6.45) is 0. The maximum absolute atomic E-state index is 11.3. The van der Waals surface area contributed by atoms with Crippen LogP contribution in [0.25, 0.3) is 0 Å². The van der Waals surface area contributed by atoms with Gasteiger partial charge in [0.15, 0.2) is 11.6 Å². The van der Waals surface area contributed by atoms with Crippen LogP contribution in [-0.2, 0) is 7.05 Å². The zero-order chi connectivity index (χ0) is 11.6. The van der Waals surface area contributed by atoms with Crippen LogP contribution in [0.15, 0.2) is 0 Å². The zero-order valence-corrected chi connectivity index (χ0v) is 9.74. The van der Waals surface area contributed by atoms with E-state index in [2.05, 4.69) is 9.88 Å². The van der Waals surface area contributed by atoms with E-state index < -0.39 is 0 Å². The predicted octanol–water partition coefficient (Wildman–Crippen LogP) is 1.05. The Bertz CT molecular complexity index is 366. The highest BCUT2D eigenvalue weighted by Crippen LogP contribution is 2.20. The fourth-order valence-electron chi connectivity index (χ4n) is 1.71. The number of hydrogen-bond donors (Lipinski definition) is 1. The number of ketones is 1. The normalized spacial score (nSPS) is 10.4. The van der Waals surface area contributed by atoms with Crippen molar-refractivity contribution < 1.29 is 4.79 Å². The minimum Gasteiger partial charge on any atom is -0.382 e. The van der Waals surface area contributed by atoms with Gasteiger partial charge in [0.25, 0.3) is 0 Å². The van der Waals surface area contributed by atoms with Crippen LogP contribution in [0.3, 0.4) is 0 Å². The first-order valence-electron chi connectivity index (χ1n) is 5.10. The van der Waals surface area contributed by atoms with E-state index in [9.17, 15) is 4.79 Å². The molecule has 0 aliphatic rings. The van der Waals surface area contributed by atoms with Gasteiger partial charge in [0.1, 0.15) is 5.69 Å². The number of carbonyl (C=O) groups is 1. The molecule has 0 unspecified atom stereocenters. The van der Waals surface area contributed by atoms with Crippen molar-refractivity contribution in [1.29, 1.82) is 0 Å². The molecule has 0 saturated carbocycles. The lowest BCUT2D eigenvalue weighted by atomic mass is 10.3. The predicted molar refractivity (Wildman–Crippen MR) is 61.2 cm³/mol. The van der Waals surface area contributed by atoms with E-state index in [0.29, 0.717) is 11.5 Å². The average Bonchev–Trinajstić information content (AvgIpc) is 2.44. The second kappa shape index (κ2) is 4.33. The van der Waals surface area contributed by atoms with Gasteiger partial charge in [0.2, 0.25) is 5.95 Å². The highest BCUT2D eigenvalue weighted by atomic mass is 16.1. The summed E-state index contributed by atoms with van der Waals surface area (Å²) in [7, 11) is 1.81. The quantitative estimate of drug-likeness (QED) is 0.754. The van der Waals surface area contributed by atoms with Crippen molar-refractivity contribution in [3.05, 3.63) is 5.69 Å². The number of nitrogen functional groups attached to an aromatic ring is 1. The first-order chi connectivity index (χ1) is 7.02. The SMILES string of the molecule is CCN(CC)c1nc(N)c(C(C)=O)n1C. The summed E-state index contributed by atoms with van der Waals surface area (Å²) in [5.74, 6) is 1.01. The molecule has 1 aromatic rings. The molecule has 0 spiro atoms. The maximum Gasteiger partial charge on any atom is 0.207 e. The minimum atomic E-state index is -0.0547. The second-order valence-corrected chi connectivity index (χ2v) is 3.43. The smallest absolute Gasteiger partial charge is 0.207 e. The molecule has 0 bridgehead atoms. The molecule has 5 heteroatoms. The first-order valence-corrected chi connectivity index (χ1v) is 5.10. The molecule has 1 aromatic heterocycles. The molecular weight excluding hydrogens is 192 g/mol. The molecule has 0 atom stereocenters. The lowest BCUT2D eigenvalue weighted by Crippen LogP contribution is -2.25. The largest absolute Gasteiger partial charge is 0.382 e. The minimum absolute atomic E-state index is 0.0547. The summed E-state index contributed by atoms with van der Waals surface area (Å²) in [6.45, 7) is 7.28. The number of rotatable bonds is 4. The molecule has 84 valence electrons. The third-order valence-corrected chi connectivity index (χ3v) is 2.48. The van der Waals surface area contributed by atoms with Gasteiger partial charge in [-0.1, -0.05) is 0 Å². The van der Waals surface area contributed by atoms with E-state index in [-0.39, 0.29) is 5.78 Å². The van der Waals surface area contributed by atoms with Crippen LogP contribution in [-0.4, -0.2) is 28.4 Å². The van der Waals surface area contributed by atoms with E-state index in [1.807, 2.05) is 20.9 Å². The maximum atomic E-state index is 11.3. The van der Waals surface area contributed by atoms with Crippen LogP contribution in [0, 0.1) is 0 Å². The molecule has 15 heavy (non-hydrogen) atoms. The summed E-state index contributed by atoms with van der Waals surface area (Å²) in [5, 5.41) is 0. The third-order valence-electron chi connectivity index (χ3n) is 2.48. The van der Waals surface area contributed by atoms with Crippen molar-refractivity contribution in [2.24, 2.45) is 7.05 Å². The zero-order valence-electron chi connectivity index (χ0n) is 9.74. The summed E-state index contributed by atoms with van der Waals surface area (Å²) >= 11 is 0. The Morgan fingerprint density at radius 2 is 2.00 bits per heavy atom. The number of aromatic nitrogens is 2. The molecule has 0 fully saturated rings. The molecule has 0 aromatic carbocycles. The molecule has 0 aliphatic heterocycles. The first kappa shape index (κ1) is 11.6. The second-order valence-electron chi connectivity index (χ2n) is 3.43. The molecule has 5 nitrogen and oxygen atoms in total. The molecule has 1 heterocycles. The van der Waals surface area contributed by atoms with Crippen LogP contribution in [0.2, 0.25) is 0 Å². The Labute approximate surface area is 89.9 Å². The van der Waals surface area contributed by atoms with E-state index >= 15 is 0 Å². The van der Waals surface area contributed by atoms with Crippen molar-refractivity contribution in [2.45, 2.75) is 20.8 Å². The third kappa shape index (κ3) is 1.95. The van der Waals surface area contributed by atoms with Crippen molar-refractivity contribution in [3.8, 4) is 0 Å². The molecule has 0 saturated heterocycles. The number of imidazole rings is 1. The number of nitrogens with zero attached hydrogens (tertiary/aromatic N) is 3. The topological polar surface area (TPSA) is 64.2 Å². The van der Waals surface area contributed by atoms with Crippen molar-refractivity contribution >= 4 is 17.5 Å². The van der Waals surface area contributed by atoms with Crippen molar-refractivity contribution in [1.82, 2.24) is 9.55 Å². The van der Waals surface area contributed by atoms with Crippen molar-refractivity contribution in [3.63, 3.8) is 0 Å². The Hall–Kier alpha value is -1.52. The van der Waals surface area contributed by atoms with E-state index in [4.69, 9.17) is 5.73 Å². The Balaban J connectivity index is 3.22. The fourth-order valence-corrected chi connectivity index (χ4v) is 1.71.